The zero-order chi connectivity index (χ0) is 15.7. The third-order valence-electron chi connectivity index (χ3n) is 3.96. The number of rotatable bonds is 3. The molecule has 0 aliphatic carbocycles. The van der Waals surface area contributed by atoms with Crippen LogP contribution in [-0.4, -0.2) is 35.5 Å². The quantitative estimate of drug-likeness (QED) is 0.930. The van der Waals surface area contributed by atoms with Crippen molar-refractivity contribution in [1.82, 2.24) is 4.90 Å². The van der Waals surface area contributed by atoms with Crippen molar-refractivity contribution >= 4 is 0 Å². The molecule has 0 unspecified atom stereocenters. The lowest BCUT2D eigenvalue weighted by molar-refractivity contribution is -0.274. The van der Waals surface area contributed by atoms with Crippen molar-refractivity contribution in [3.8, 4) is 5.75 Å². The number of piperidine rings is 1. The molecule has 2 rings (SSSR count). The van der Waals surface area contributed by atoms with Gasteiger partial charge in [-0.05, 0) is 44.4 Å². The normalized spacial score (nSPS) is 19.8. The van der Waals surface area contributed by atoms with Crippen molar-refractivity contribution in [2.75, 3.05) is 13.1 Å². The molecule has 0 aromatic heterocycles. The van der Waals surface area contributed by atoms with Gasteiger partial charge in [0.05, 0.1) is 5.60 Å². The topological polar surface area (TPSA) is 32.7 Å². The summed E-state index contributed by atoms with van der Waals surface area (Å²) in [5.74, 6) is -0.292. The first-order chi connectivity index (χ1) is 9.70. The van der Waals surface area contributed by atoms with E-state index in [1.54, 1.807) is 6.07 Å². The van der Waals surface area contributed by atoms with Crippen LogP contribution in [0.4, 0.5) is 13.2 Å². The summed E-state index contributed by atoms with van der Waals surface area (Å²) in [5.41, 5.74) is -0.608. The van der Waals surface area contributed by atoms with Gasteiger partial charge in [-0.15, -0.1) is 13.2 Å². The molecule has 0 bridgehead atoms. The van der Waals surface area contributed by atoms with Gasteiger partial charge in [0, 0.05) is 19.1 Å². The number of halogens is 3. The molecule has 1 saturated heterocycles. The van der Waals surface area contributed by atoms with Gasteiger partial charge in [0.25, 0.3) is 0 Å². The number of likely N-dealkylation sites (tertiary alicyclic amines) is 1. The Morgan fingerprint density at radius 1 is 1.24 bits per heavy atom. The van der Waals surface area contributed by atoms with Gasteiger partial charge in [0.2, 0.25) is 0 Å². The highest BCUT2D eigenvalue weighted by Gasteiger charge is 2.36. The molecule has 0 spiro atoms. The number of alkyl halides is 3. The second-order valence-electron chi connectivity index (χ2n) is 5.74. The van der Waals surface area contributed by atoms with Crippen LogP contribution in [0.5, 0.6) is 5.75 Å². The monoisotopic (exact) mass is 303 g/mol. The highest BCUT2D eigenvalue weighted by atomic mass is 19.4. The van der Waals surface area contributed by atoms with E-state index in [1.165, 1.54) is 18.2 Å². The first-order valence-corrected chi connectivity index (χ1v) is 7.02. The summed E-state index contributed by atoms with van der Waals surface area (Å²) in [4.78, 5) is 2.24. The van der Waals surface area contributed by atoms with Crippen LogP contribution >= 0.6 is 0 Å². The number of hydrogen-bond acceptors (Lipinski definition) is 3. The smallest absolute Gasteiger partial charge is 0.406 e. The van der Waals surface area contributed by atoms with E-state index < -0.39 is 12.0 Å². The summed E-state index contributed by atoms with van der Waals surface area (Å²) in [6.45, 7) is 5.61. The SMILES string of the molecule is CC(C)N1CCC(O)(c2cccc(OC(F)(F)F)c2)CC1. The molecule has 0 saturated carbocycles. The molecule has 6 heteroatoms. The summed E-state index contributed by atoms with van der Waals surface area (Å²) in [5, 5.41) is 10.7. The highest BCUT2D eigenvalue weighted by Crippen LogP contribution is 2.35. The van der Waals surface area contributed by atoms with Crippen LogP contribution in [-0.2, 0) is 5.60 Å². The van der Waals surface area contributed by atoms with Crippen molar-refractivity contribution in [3.63, 3.8) is 0 Å². The first-order valence-electron chi connectivity index (χ1n) is 7.02. The van der Waals surface area contributed by atoms with Crippen molar-refractivity contribution < 1.29 is 23.0 Å². The Morgan fingerprint density at radius 2 is 1.86 bits per heavy atom. The predicted octanol–water partition coefficient (Wildman–Crippen LogP) is 3.28. The molecule has 3 nitrogen and oxygen atoms in total. The lowest BCUT2D eigenvalue weighted by Gasteiger charge is -2.40. The van der Waals surface area contributed by atoms with Gasteiger partial charge >= 0.3 is 6.36 Å². The summed E-state index contributed by atoms with van der Waals surface area (Å²) in [6, 6.07) is 6.04. The zero-order valence-corrected chi connectivity index (χ0v) is 12.2. The van der Waals surface area contributed by atoms with Crippen LogP contribution in [0, 0.1) is 0 Å². The second kappa shape index (κ2) is 5.85. The molecular formula is C15H20F3NO2. The fourth-order valence-electron chi connectivity index (χ4n) is 2.68. The lowest BCUT2D eigenvalue weighted by atomic mass is 9.84. The fraction of sp³-hybridized carbons (Fsp3) is 0.600. The Labute approximate surface area is 122 Å². The van der Waals surface area contributed by atoms with Gasteiger partial charge in [-0.1, -0.05) is 12.1 Å². The number of hydrogen-bond donors (Lipinski definition) is 1. The van der Waals surface area contributed by atoms with E-state index in [-0.39, 0.29) is 5.75 Å². The van der Waals surface area contributed by atoms with Crippen molar-refractivity contribution in [2.24, 2.45) is 0 Å². The molecule has 1 aromatic rings. The minimum Gasteiger partial charge on any atom is -0.406 e. The van der Waals surface area contributed by atoms with Gasteiger partial charge in [-0.3, -0.25) is 0 Å². The fourth-order valence-corrected chi connectivity index (χ4v) is 2.68. The second-order valence-corrected chi connectivity index (χ2v) is 5.74. The molecule has 21 heavy (non-hydrogen) atoms. The molecule has 0 radical (unpaired) electrons. The highest BCUT2D eigenvalue weighted by molar-refractivity contribution is 5.33. The standard InChI is InChI=1S/C15H20F3NO2/c1-11(2)19-8-6-14(20,7-9-19)12-4-3-5-13(10-12)21-15(16,17)18/h3-5,10-11,20H,6-9H2,1-2H3. The number of nitrogens with zero attached hydrogens (tertiary/aromatic N) is 1. The summed E-state index contributed by atoms with van der Waals surface area (Å²) in [7, 11) is 0. The minimum atomic E-state index is -4.72. The first kappa shape index (κ1) is 16.1. The molecule has 118 valence electrons. The van der Waals surface area contributed by atoms with Crippen LogP contribution in [0.3, 0.4) is 0 Å². The van der Waals surface area contributed by atoms with Gasteiger partial charge in [-0.25, -0.2) is 0 Å². The summed E-state index contributed by atoms with van der Waals surface area (Å²) < 4.78 is 40.7. The van der Waals surface area contributed by atoms with Crippen LogP contribution in [0.2, 0.25) is 0 Å². The Balaban J connectivity index is 2.13. The molecule has 1 heterocycles. The third-order valence-corrected chi connectivity index (χ3v) is 3.96. The molecule has 1 N–H and O–H groups in total. The number of benzene rings is 1. The molecule has 0 amide bonds. The third kappa shape index (κ3) is 4.11. The summed E-state index contributed by atoms with van der Waals surface area (Å²) in [6.07, 6.45) is -3.72. The van der Waals surface area contributed by atoms with Gasteiger partial charge < -0.3 is 14.7 Å². The Morgan fingerprint density at radius 3 is 2.38 bits per heavy atom. The average molecular weight is 303 g/mol. The van der Waals surface area contributed by atoms with Gasteiger partial charge in [0.1, 0.15) is 5.75 Å². The van der Waals surface area contributed by atoms with E-state index in [2.05, 4.69) is 23.5 Å². The van der Waals surface area contributed by atoms with E-state index in [4.69, 9.17) is 0 Å². The van der Waals surface area contributed by atoms with E-state index in [0.717, 1.165) is 13.1 Å². The largest absolute Gasteiger partial charge is 0.573 e. The van der Waals surface area contributed by atoms with E-state index in [1.807, 2.05) is 0 Å². The Kier molecular flexibility index (Phi) is 4.49. The molecule has 0 atom stereocenters. The number of ether oxygens (including phenoxy) is 1. The predicted molar refractivity (Wildman–Crippen MR) is 73.0 cm³/mol. The van der Waals surface area contributed by atoms with Crippen molar-refractivity contribution in [1.29, 1.82) is 0 Å². The molecular weight excluding hydrogens is 283 g/mol. The lowest BCUT2D eigenvalue weighted by Crippen LogP contribution is -2.45. The molecule has 1 fully saturated rings. The Hall–Kier alpha value is -1.27. The average Bonchev–Trinajstić information content (AvgIpc) is 2.37. The van der Waals surface area contributed by atoms with Crippen molar-refractivity contribution in [2.45, 2.75) is 44.7 Å². The van der Waals surface area contributed by atoms with Gasteiger partial charge in [-0.2, -0.15) is 0 Å². The van der Waals surface area contributed by atoms with Crippen LogP contribution in [0.15, 0.2) is 24.3 Å². The van der Waals surface area contributed by atoms with Crippen LogP contribution in [0.1, 0.15) is 32.3 Å². The summed E-state index contributed by atoms with van der Waals surface area (Å²) >= 11 is 0. The molecule has 1 aliphatic rings. The maximum absolute atomic E-state index is 12.3. The van der Waals surface area contributed by atoms with E-state index in [9.17, 15) is 18.3 Å². The van der Waals surface area contributed by atoms with Crippen LogP contribution in [0.25, 0.3) is 0 Å². The van der Waals surface area contributed by atoms with Crippen molar-refractivity contribution in [3.05, 3.63) is 29.8 Å². The van der Waals surface area contributed by atoms with E-state index in [0.29, 0.717) is 24.4 Å². The molecule has 1 aromatic carbocycles. The minimum absolute atomic E-state index is 0.292. The number of aliphatic hydroxyl groups is 1. The maximum Gasteiger partial charge on any atom is 0.573 e. The molecule has 1 aliphatic heterocycles. The van der Waals surface area contributed by atoms with Crippen LogP contribution < -0.4 is 4.74 Å². The van der Waals surface area contributed by atoms with E-state index >= 15 is 0 Å². The van der Waals surface area contributed by atoms with Gasteiger partial charge in [0.15, 0.2) is 0 Å². The maximum atomic E-state index is 12.3. The zero-order valence-electron chi connectivity index (χ0n) is 12.2. The Bertz CT molecular complexity index is 480.